The van der Waals surface area contributed by atoms with E-state index in [1.54, 1.807) is 19.9 Å². The summed E-state index contributed by atoms with van der Waals surface area (Å²) < 4.78 is 22.0. The quantitative estimate of drug-likeness (QED) is 0.660. The van der Waals surface area contributed by atoms with Gasteiger partial charge in [0.05, 0.1) is 6.10 Å². The summed E-state index contributed by atoms with van der Waals surface area (Å²) in [5, 5.41) is 22.7. The molecule has 0 spiro atoms. The Morgan fingerprint density at radius 2 is 1.90 bits per heavy atom. The minimum Gasteiger partial charge on any atom is -0.458 e. The summed E-state index contributed by atoms with van der Waals surface area (Å²) >= 11 is 0. The van der Waals surface area contributed by atoms with Crippen LogP contribution in [0.3, 0.4) is 0 Å². The minimum atomic E-state index is -1.93. The van der Waals surface area contributed by atoms with E-state index < -0.39 is 52.5 Å². The van der Waals surface area contributed by atoms with Crippen LogP contribution in [0, 0.1) is 28.6 Å². The summed E-state index contributed by atoms with van der Waals surface area (Å²) in [4.78, 5) is 36.3. The number of aliphatic hydroxyl groups is 2. The lowest BCUT2D eigenvalue weighted by Crippen LogP contribution is -2.69. The molecule has 0 aliphatic heterocycles. The second-order valence-corrected chi connectivity index (χ2v) is 10.8. The van der Waals surface area contributed by atoms with Gasteiger partial charge in [0.2, 0.25) is 5.78 Å². The highest BCUT2D eigenvalue weighted by atomic mass is 19.1. The van der Waals surface area contributed by atoms with Crippen molar-refractivity contribution < 1.29 is 33.7 Å². The van der Waals surface area contributed by atoms with Crippen LogP contribution in [0.25, 0.3) is 0 Å². The second kappa shape index (κ2) is 6.95. The zero-order chi connectivity index (χ0) is 23.0. The number of fused-ring (bicyclic) bond motifs is 5. The van der Waals surface area contributed by atoms with E-state index in [0.29, 0.717) is 25.7 Å². The number of ether oxygens (including phenoxy) is 1. The fourth-order valence-electron chi connectivity index (χ4n) is 7.64. The van der Waals surface area contributed by atoms with E-state index in [1.165, 1.54) is 6.92 Å². The number of esters is 1. The van der Waals surface area contributed by atoms with E-state index in [1.807, 2.05) is 6.92 Å². The molecular weight excluding hydrogens is 403 g/mol. The van der Waals surface area contributed by atoms with Gasteiger partial charge in [0.1, 0.15) is 11.3 Å². The van der Waals surface area contributed by atoms with Crippen LogP contribution in [0.5, 0.6) is 0 Å². The Hall–Kier alpha value is -1.60. The van der Waals surface area contributed by atoms with Crippen molar-refractivity contribution in [2.75, 3.05) is 6.61 Å². The minimum absolute atomic E-state index is 0.0102. The molecule has 4 rings (SSSR count). The van der Waals surface area contributed by atoms with Crippen LogP contribution in [-0.2, 0) is 19.1 Å². The van der Waals surface area contributed by atoms with E-state index in [9.17, 15) is 24.6 Å². The van der Waals surface area contributed by atoms with Crippen LogP contribution in [0.4, 0.5) is 4.39 Å². The molecule has 0 aromatic heterocycles. The van der Waals surface area contributed by atoms with Crippen molar-refractivity contribution in [2.24, 2.45) is 28.6 Å². The van der Waals surface area contributed by atoms with Crippen LogP contribution in [-0.4, -0.2) is 51.7 Å². The zero-order valence-corrected chi connectivity index (χ0v) is 18.7. The van der Waals surface area contributed by atoms with Gasteiger partial charge in [-0.15, -0.1) is 0 Å². The van der Waals surface area contributed by atoms with Crippen molar-refractivity contribution in [1.29, 1.82) is 0 Å². The first-order valence-corrected chi connectivity index (χ1v) is 11.3. The third-order valence-electron chi connectivity index (χ3n) is 9.37. The lowest BCUT2D eigenvalue weighted by Gasteiger charge is -2.63. The first-order valence-electron chi connectivity index (χ1n) is 11.3. The van der Waals surface area contributed by atoms with Crippen LogP contribution in [0.15, 0.2) is 11.6 Å². The molecule has 31 heavy (non-hydrogen) atoms. The third-order valence-corrected chi connectivity index (χ3v) is 9.37. The molecule has 7 heteroatoms. The summed E-state index contributed by atoms with van der Waals surface area (Å²) in [5.41, 5.74) is -4.90. The number of Topliss-reactive ketones (excluding diaryl/α,β-unsaturated/α-hetero) is 1. The van der Waals surface area contributed by atoms with Crippen molar-refractivity contribution >= 4 is 17.5 Å². The lowest BCUT2D eigenvalue weighted by molar-refractivity contribution is -0.228. The van der Waals surface area contributed by atoms with Gasteiger partial charge in [0, 0.05) is 29.6 Å². The van der Waals surface area contributed by atoms with Crippen molar-refractivity contribution in [1.82, 2.24) is 0 Å². The highest BCUT2D eigenvalue weighted by Crippen LogP contribution is 2.70. The van der Waals surface area contributed by atoms with Crippen molar-refractivity contribution in [3.8, 4) is 0 Å². The van der Waals surface area contributed by atoms with Crippen molar-refractivity contribution in [2.45, 2.75) is 83.6 Å². The topological polar surface area (TPSA) is 101 Å². The first kappa shape index (κ1) is 22.6. The molecule has 0 bridgehead atoms. The number of allylic oxidation sites excluding steroid dienone is 1. The van der Waals surface area contributed by atoms with E-state index in [4.69, 9.17) is 4.74 Å². The maximum atomic E-state index is 17.1. The number of carbonyl (C=O) groups is 3. The zero-order valence-electron chi connectivity index (χ0n) is 18.7. The summed E-state index contributed by atoms with van der Waals surface area (Å²) in [6.07, 6.45) is 2.15. The number of hydrogen-bond donors (Lipinski definition) is 2. The van der Waals surface area contributed by atoms with E-state index >= 15 is 4.39 Å². The summed E-state index contributed by atoms with van der Waals surface area (Å²) in [5.74, 6) is -2.32. The van der Waals surface area contributed by atoms with E-state index in [2.05, 4.69) is 0 Å². The van der Waals surface area contributed by atoms with Gasteiger partial charge in [-0.05, 0) is 50.5 Å². The molecule has 6 nitrogen and oxygen atoms in total. The van der Waals surface area contributed by atoms with E-state index in [0.717, 1.165) is 5.57 Å². The molecule has 4 aliphatic carbocycles. The molecule has 0 heterocycles. The maximum Gasteiger partial charge on any atom is 0.303 e. The number of alkyl halides is 1. The molecule has 0 radical (unpaired) electrons. The highest BCUT2D eigenvalue weighted by Gasteiger charge is 2.74. The van der Waals surface area contributed by atoms with Gasteiger partial charge in [-0.1, -0.05) is 26.3 Å². The van der Waals surface area contributed by atoms with Crippen LogP contribution < -0.4 is 0 Å². The normalized spacial score (nSPS) is 48.9. The van der Waals surface area contributed by atoms with Crippen LogP contribution >= 0.6 is 0 Å². The standard InChI is InChI=1S/C24H33FO6/c1-13-10-21(3)15(9-18(13)27)5-6-17-16-7-8-23(30,20(29)12-31-14(2)26)22(16,4)11-19(28)24(17,21)25/h9,13,16-17,19,28,30H,5-8,10-12H2,1-4H3/t13-,16-,17+,19+,21+,22-,23+,24+/m1/s1. The Bertz CT molecular complexity index is 868. The fraction of sp³-hybridized carbons (Fsp3) is 0.792. The molecule has 8 atom stereocenters. The Morgan fingerprint density at radius 3 is 2.55 bits per heavy atom. The molecule has 0 saturated heterocycles. The van der Waals surface area contributed by atoms with Gasteiger partial charge >= 0.3 is 5.97 Å². The average molecular weight is 437 g/mol. The van der Waals surface area contributed by atoms with Gasteiger partial charge in [0.15, 0.2) is 12.4 Å². The molecule has 2 N–H and O–H groups in total. The average Bonchev–Trinajstić information content (AvgIpc) is 2.94. The number of carbonyl (C=O) groups excluding carboxylic acids is 3. The Balaban J connectivity index is 1.72. The molecule has 3 fully saturated rings. The van der Waals surface area contributed by atoms with Gasteiger partial charge in [-0.2, -0.15) is 0 Å². The molecule has 0 aromatic carbocycles. The fourth-order valence-corrected chi connectivity index (χ4v) is 7.64. The predicted molar refractivity (Wildman–Crippen MR) is 110 cm³/mol. The Labute approximate surface area is 182 Å². The van der Waals surface area contributed by atoms with Crippen LogP contribution in [0.1, 0.15) is 66.2 Å². The monoisotopic (exact) mass is 436 g/mol. The molecule has 0 unspecified atom stereocenters. The SMILES string of the molecule is CC(=O)OCC(=O)[C@@]1(O)CC[C@@H]2[C@@H]3CCC4=CC(=O)[C@H](C)C[C@]4(C)[C@@]3(F)[C@@H](O)C[C@]21C. The molecular formula is C24H33FO6. The summed E-state index contributed by atoms with van der Waals surface area (Å²) in [6, 6.07) is 0. The molecule has 0 aromatic rings. The molecule has 0 amide bonds. The smallest absolute Gasteiger partial charge is 0.303 e. The van der Waals surface area contributed by atoms with Crippen molar-refractivity contribution in [3.05, 3.63) is 11.6 Å². The maximum absolute atomic E-state index is 17.1. The van der Waals surface area contributed by atoms with Crippen LogP contribution in [0.2, 0.25) is 0 Å². The summed E-state index contributed by atoms with van der Waals surface area (Å²) in [6.45, 7) is 6.06. The first-order chi connectivity index (χ1) is 14.3. The predicted octanol–water partition coefficient (Wildman–Crippen LogP) is 2.69. The lowest BCUT2D eigenvalue weighted by atomic mass is 9.43. The van der Waals surface area contributed by atoms with Gasteiger partial charge in [-0.25, -0.2) is 4.39 Å². The summed E-state index contributed by atoms with van der Waals surface area (Å²) in [7, 11) is 0. The number of rotatable bonds is 3. The number of ketones is 2. The Morgan fingerprint density at radius 1 is 1.23 bits per heavy atom. The number of aliphatic hydroxyl groups excluding tert-OH is 1. The van der Waals surface area contributed by atoms with Crippen molar-refractivity contribution in [3.63, 3.8) is 0 Å². The largest absolute Gasteiger partial charge is 0.458 e. The second-order valence-electron chi connectivity index (χ2n) is 10.8. The number of halogens is 1. The molecule has 172 valence electrons. The Kier molecular flexibility index (Phi) is 5.06. The molecule has 4 aliphatic rings. The highest BCUT2D eigenvalue weighted by molar-refractivity contribution is 5.93. The van der Waals surface area contributed by atoms with Gasteiger partial charge in [-0.3, -0.25) is 14.4 Å². The van der Waals surface area contributed by atoms with Gasteiger partial charge in [0.25, 0.3) is 0 Å². The van der Waals surface area contributed by atoms with Gasteiger partial charge < -0.3 is 14.9 Å². The molecule has 3 saturated carbocycles. The number of hydrogen-bond acceptors (Lipinski definition) is 6. The van der Waals surface area contributed by atoms with E-state index in [-0.39, 0.29) is 30.5 Å². The third kappa shape index (κ3) is 2.78.